The van der Waals surface area contributed by atoms with Gasteiger partial charge in [0, 0.05) is 23.8 Å². The number of ether oxygens (including phenoxy) is 1. The third-order valence-electron chi connectivity index (χ3n) is 2.33. The van der Waals surface area contributed by atoms with Crippen LogP contribution in [0.25, 0.3) is 0 Å². The molecule has 19 heavy (non-hydrogen) atoms. The van der Waals surface area contributed by atoms with E-state index >= 15 is 0 Å². The minimum Gasteiger partial charge on any atom is -0.481 e. The molecule has 7 heteroatoms. The van der Waals surface area contributed by atoms with E-state index in [1.54, 1.807) is 24.3 Å². The fourth-order valence-electron chi connectivity index (χ4n) is 1.35. The Morgan fingerprint density at radius 1 is 1.37 bits per heavy atom. The molecule has 1 rings (SSSR count). The second kappa shape index (κ2) is 7.75. The quantitative estimate of drug-likeness (QED) is 0.745. The van der Waals surface area contributed by atoms with Gasteiger partial charge in [0.1, 0.15) is 0 Å². The average molecular weight is 331 g/mol. The highest BCUT2D eigenvalue weighted by Crippen LogP contribution is 2.13. The van der Waals surface area contributed by atoms with Gasteiger partial charge in [0.05, 0.1) is 12.5 Å². The standard InChI is InChI=1S/C12H15BrN2O4/c1-19-10(6-11(16)17)7-14-12(18)15-9-4-2-8(13)3-5-9/h2-5,10H,6-7H2,1H3,(H,16,17)(H2,14,15,18). The zero-order valence-corrected chi connectivity index (χ0v) is 11.9. The van der Waals surface area contributed by atoms with Gasteiger partial charge in [0.15, 0.2) is 0 Å². The van der Waals surface area contributed by atoms with Crippen LogP contribution in [0.2, 0.25) is 0 Å². The van der Waals surface area contributed by atoms with Crippen molar-refractivity contribution >= 4 is 33.6 Å². The number of benzene rings is 1. The van der Waals surface area contributed by atoms with Crippen LogP contribution in [-0.2, 0) is 9.53 Å². The highest BCUT2D eigenvalue weighted by Gasteiger charge is 2.13. The summed E-state index contributed by atoms with van der Waals surface area (Å²) in [5, 5.41) is 13.8. The summed E-state index contributed by atoms with van der Waals surface area (Å²) < 4.78 is 5.86. The van der Waals surface area contributed by atoms with Crippen LogP contribution in [-0.4, -0.2) is 36.9 Å². The number of anilines is 1. The molecule has 0 aliphatic rings. The van der Waals surface area contributed by atoms with Crippen molar-refractivity contribution in [1.29, 1.82) is 0 Å². The molecular formula is C12H15BrN2O4. The van der Waals surface area contributed by atoms with E-state index in [0.29, 0.717) is 5.69 Å². The van der Waals surface area contributed by atoms with Crippen LogP contribution in [0.15, 0.2) is 28.7 Å². The highest BCUT2D eigenvalue weighted by molar-refractivity contribution is 9.10. The molecule has 0 radical (unpaired) electrons. The van der Waals surface area contributed by atoms with Crippen LogP contribution in [0.1, 0.15) is 6.42 Å². The average Bonchev–Trinajstić information content (AvgIpc) is 2.37. The van der Waals surface area contributed by atoms with Gasteiger partial charge < -0.3 is 20.5 Å². The Kier molecular flexibility index (Phi) is 6.31. The van der Waals surface area contributed by atoms with E-state index in [0.717, 1.165) is 4.47 Å². The molecule has 0 aromatic heterocycles. The summed E-state index contributed by atoms with van der Waals surface area (Å²) in [6, 6.07) is 6.69. The van der Waals surface area contributed by atoms with Crippen molar-refractivity contribution in [3.05, 3.63) is 28.7 Å². The number of carboxylic acid groups (broad SMARTS) is 1. The lowest BCUT2D eigenvalue weighted by Gasteiger charge is -2.14. The first-order valence-corrected chi connectivity index (χ1v) is 6.35. The fourth-order valence-corrected chi connectivity index (χ4v) is 1.61. The van der Waals surface area contributed by atoms with Gasteiger partial charge >= 0.3 is 12.0 Å². The Morgan fingerprint density at radius 3 is 2.53 bits per heavy atom. The van der Waals surface area contributed by atoms with Gasteiger partial charge in [-0.25, -0.2) is 4.79 Å². The molecule has 0 aliphatic heterocycles. The number of rotatable bonds is 6. The Morgan fingerprint density at radius 2 is 2.00 bits per heavy atom. The summed E-state index contributed by atoms with van der Waals surface area (Å²) in [6.07, 6.45) is -0.706. The topological polar surface area (TPSA) is 87.7 Å². The number of carboxylic acids is 1. The summed E-state index contributed by atoms with van der Waals surface area (Å²) >= 11 is 3.29. The van der Waals surface area contributed by atoms with E-state index in [1.807, 2.05) is 0 Å². The minimum atomic E-state index is -0.970. The molecule has 1 unspecified atom stereocenters. The van der Waals surface area contributed by atoms with Crippen LogP contribution >= 0.6 is 15.9 Å². The second-order valence-corrected chi connectivity index (χ2v) is 4.71. The molecule has 104 valence electrons. The maximum Gasteiger partial charge on any atom is 0.319 e. The molecular weight excluding hydrogens is 316 g/mol. The zero-order valence-electron chi connectivity index (χ0n) is 10.4. The van der Waals surface area contributed by atoms with Crippen molar-refractivity contribution in [3.8, 4) is 0 Å². The summed E-state index contributed by atoms with van der Waals surface area (Å²) in [7, 11) is 1.40. The highest BCUT2D eigenvalue weighted by atomic mass is 79.9. The molecule has 0 bridgehead atoms. The van der Waals surface area contributed by atoms with Crippen molar-refractivity contribution < 1.29 is 19.4 Å². The lowest BCUT2D eigenvalue weighted by atomic mass is 10.2. The van der Waals surface area contributed by atoms with E-state index in [4.69, 9.17) is 9.84 Å². The smallest absolute Gasteiger partial charge is 0.319 e. The predicted octanol–water partition coefficient (Wildman–Crippen LogP) is 2.06. The number of methoxy groups -OCH3 is 1. The largest absolute Gasteiger partial charge is 0.481 e. The van der Waals surface area contributed by atoms with Crippen LogP contribution in [0.5, 0.6) is 0 Å². The Bertz CT molecular complexity index is 436. The first kappa shape index (κ1) is 15.5. The lowest BCUT2D eigenvalue weighted by molar-refractivity contribution is -0.139. The van der Waals surface area contributed by atoms with E-state index in [9.17, 15) is 9.59 Å². The van der Waals surface area contributed by atoms with Crippen LogP contribution < -0.4 is 10.6 Å². The normalized spacial score (nSPS) is 11.7. The number of amides is 2. The number of hydrogen-bond donors (Lipinski definition) is 3. The number of carbonyl (C=O) groups excluding carboxylic acids is 1. The number of nitrogens with one attached hydrogen (secondary N) is 2. The molecule has 0 saturated carbocycles. The molecule has 1 aromatic rings. The molecule has 0 saturated heterocycles. The van der Waals surface area contributed by atoms with Gasteiger partial charge in [-0.15, -0.1) is 0 Å². The molecule has 3 N–H and O–H groups in total. The zero-order chi connectivity index (χ0) is 14.3. The first-order valence-electron chi connectivity index (χ1n) is 5.56. The minimum absolute atomic E-state index is 0.130. The van der Waals surface area contributed by atoms with E-state index < -0.39 is 18.1 Å². The van der Waals surface area contributed by atoms with Crippen molar-refractivity contribution in [1.82, 2.24) is 5.32 Å². The van der Waals surface area contributed by atoms with Crippen molar-refractivity contribution in [2.75, 3.05) is 19.0 Å². The SMILES string of the molecule is COC(CNC(=O)Nc1ccc(Br)cc1)CC(=O)O. The monoisotopic (exact) mass is 330 g/mol. The van der Waals surface area contributed by atoms with E-state index in [2.05, 4.69) is 26.6 Å². The fraction of sp³-hybridized carbons (Fsp3) is 0.333. The van der Waals surface area contributed by atoms with Crippen LogP contribution in [0.4, 0.5) is 10.5 Å². The van der Waals surface area contributed by atoms with Gasteiger partial charge in [0.25, 0.3) is 0 Å². The summed E-state index contributed by atoms with van der Waals surface area (Å²) in [4.78, 5) is 22.1. The Hall–Kier alpha value is -1.60. The van der Waals surface area contributed by atoms with Gasteiger partial charge in [-0.1, -0.05) is 15.9 Å². The maximum atomic E-state index is 11.6. The predicted molar refractivity (Wildman–Crippen MR) is 74.2 cm³/mol. The van der Waals surface area contributed by atoms with Crippen molar-refractivity contribution in [2.24, 2.45) is 0 Å². The van der Waals surface area contributed by atoms with Gasteiger partial charge in [0.2, 0.25) is 0 Å². The third kappa shape index (κ3) is 6.21. The summed E-state index contributed by atoms with van der Waals surface area (Å²) in [6.45, 7) is 0.130. The van der Waals surface area contributed by atoms with Crippen LogP contribution in [0, 0.1) is 0 Å². The van der Waals surface area contributed by atoms with E-state index in [-0.39, 0.29) is 13.0 Å². The molecule has 2 amide bonds. The molecule has 6 nitrogen and oxygen atoms in total. The number of urea groups is 1. The summed E-state index contributed by atoms with van der Waals surface area (Å²) in [5.74, 6) is -0.970. The van der Waals surface area contributed by atoms with Crippen LogP contribution in [0.3, 0.4) is 0 Å². The van der Waals surface area contributed by atoms with E-state index in [1.165, 1.54) is 7.11 Å². The number of aliphatic carboxylic acids is 1. The van der Waals surface area contributed by atoms with Gasteiger partial charge in [-0.2, -0.15) is 0 Å². The maximum absolute atomic E-state index is 11.6. The third-order valence-corrected chi connectivity index (χ3v) is 2.86. The second-order valence-electron chi connectivity index (χ2n) is 3.80. The number of halogens is 1. The molecule has 1 aromatic carbocycles. The van der Waals surface area contributed by atoms with Gasteiger partial charge in [-0.05, 0) is 24.3 Å². The van der Waals surface area contributed by atoms with Crippen molar-refractivity contribution in [2.45, 2.75) is 12.5 Å². The van der Waals surface area contributed by atoms with Crippen molar-refractivity contribution in [3.63, 3.8) is 0 Å². The summed E-state index contributed by atoms with van der Waals surface area (Å²) in [5.41, 5.74) is 0.646. The number of carbonyl (C=O) groups is 2. The molecule has 0 fully saturated rings. The Labute approximate surface area is 119 Å². The van der Waals surface area contributed by atoms with Gasteiger partial charge in [-0.3, -0.25) is 4.79 Å². The first-order chi connectivity index (χ1) is 9.01. The molecule has 0 spiro atoms. The molecule has 1 atom stereocenters. The molecule has 0 aliphatic carbocycles. The lowest BCUT2D eigenvalue weighted by Crippen LogP contribution is -2.37. The number of hydrogen-bond acceptors (Lipinski definition) is 3. The Balaban J connectivity index is 2.38. The molecule has 0 heterocycles.